The Morgan fingerprint density at radius 1 is 1.23 bits per heavy atom. The highest BCUT2D eigenvalue weighted by atomic mass is 16.5. The van der Waals surface area contributed by atoms with Gasteiger partial charge in [0.1, 0.15) is 5.76 Å². The molecular formula is C15H20N2O5. The molecule has 0 aromatic carbocycles. The summed E-state index contributed by atoms with van der Waals surface area (Å²) < 4.78 is 9.98. The SMILES string of the molecule is O=C(COC(=O)C1CCCCC1)NC(=O)NCc1ccco1. The molecule has 22 heavy (non-hydrogen) atoms. The second-order valence-electron chi connectivity index (χ2n) is 5.25. The zero-order valence-corrected chi connectivity index (χ0v) is 12.3. The van der Waals surface area contributed by atoms with E-state index in [4.69, 9.17) is 9.15 Å². The first kappa shape index (κ1) is 16.1. The summed E-state index contributed by atoms with van der Waals surface area (Å²) in [5.74, 6) is -0.549. The molecule has 7 nitrogen and oxygen atoms in total. The van der Waals surface area contributed by atoms with Crippen molar-refractivity contribution in [2.24, 2.45) is 5.92 Å². The minimum atomic E-state index is -0.657. The third-order valence-electron chi connectivity index (χ3n) is 3.54. The summed E-state index contributed by atoms with van der Waals surface area (Å²) in [6.07, 6.45) is 6.28. The number of amides is 3. The molecule has 0 aliphatic heterocycles. The first-order chi connectivity index (χ1) is 10.6. The summed E-state index contributed by atoms with van der Waals surface area (Å²) in [4.78, 5) is 34.8. The zero-order valence-electron chi connectivity index (χ0n) is 12.3. The third-order valence-corrected chi connectivity index (χ3v) is 3.54. The lowest BCUT2D eigenvalue weighted by Gasteiger charge is -2.19. The van der Waals surface area contributed by atoms with Gasteiger partial charge in [-0.3, -0.25) is 14.9 Å². The number of furan rings is 1. The number of hydrogen-bond acceptors (Lipinski definition) is 5. The molecule has 0 spiro atoms. The molecule has 1 saturated carbocycles. The molecule has 120 valence electrons. The Morgan fingerprint density at radius 2 is 2.00 bits per heavy atom. The molecule has 2 rings (SSSR count). The minimum Gasteiger partial charge on any atom is -0.467 e. The minimum absolute atomic E-state index is 0.116. The number of urea groups is 1. The zero-order chi connectivity index (χ0) is 15.8. The van der Waals surface area contributed by atoms with Crippen LogP contribution in [0.1, 0.15) is 37.9 Å². The van der Waals surface area contributed by atoms with Crippen molar-refractivity contribution in [1.82, 2.24) is 10.6 Å². The summed E-state index contributed by atoms with van der Waals surface area (Å²) >= 11 is 0. The number of imide groups is 1. The number of carbonyl (C=O) groups excluding carboxylic acids is 3. The Balaban J connectivity index is 1.62. The predicted octanol–water partition coefficient (Wildman–Crippen LogP) is 1.73. The first-order valence-electron chi connectivity index (χ1n) is 7.42. The Morgan fingerprint density at radius 3 is 2.68 bits per heavy atom. The topological polar surface area (TPSA) is 97.6 Å². The third kappa shape index (κ3) is 5.23. The fraction of sp³-hybridized carbons (Fsp3) is 0.533. The van der Waals surface area contributed by atoms with Crippen LogP contribution in [-0.4, -0.2) is 24.5 Å². The average molecular weight is 308 g/mol. The lowest BCUT2D eigenvalue weighted by molar-refractivity contribution is -0.153. The van der Waals surface area contributed by atoms with Crippen LogP contribution < -0.4 is 10.6 Å². The highest BCUT2D eigenvalue weighted by molar-refractivity contribution is 5.95. The summed E-state index contributed by atoms with van der Waals surface area (Å²) in [6, 6.07) is 2.74. The van der Waals surface area contributed by atoms with Crippen LogP contribution in [-0.2, 0) is 20.9 Å². The second kappa shape index (κ2) is 8.21. The lowest BCUT2D eigenvalue weighted by atomic mass is 9.89. The fourth-order valence-electron chi connectivity index (χ4n) is 2.38. The number of nitrogens with one attached hydrogen (secondary N) is 2. The standard InChI is InChI=1S/C15H20N2O5/c18-13(10-22-14(19)11-5-2-1-3-6-11)17-15(20)16-9-12-7-4-8-21-12/h4,7-8,11H,1-3,5-6,9-10H2,(H2,16,17,18,20). The van der Waals surface area contributed by atoms with Crippen molar-refractivity contribution >= 4 is 17.9 Å². The largest absolute Gasteiger partial charge is 0.467 e. The van der Waals surface area contributed by atoms with Crippen molar-refractivity contribution in [3.05, 3.63) is 24.2 Å². The number of hydrogen-bond donors (Lipinski definition) is 2. The van der Waals surface area contributed by atoms with Crippen LogP contribution in [0.3, 0.4) is 0 Å². The van der Waals surface area contributed by atoms with Gasteiger partial charge >= 0.3 is 12.0 Å². The molecule has 0 radical (unpaired) electrons. The van der Waals surface area contributed by atoms with Gasteiger partial charge in [0.05, 0.1) is 18.7 Å². The normalized spacial score (nSPS) is 15.1. The van der Waals surface area contributed by atoms with Crippen LogP contribution in [0.15, 0.2) is 22.8 Å². The number of ether oxygens (including phenoxy) is 1. The van der Waals surface area contributed by atoms with Crippen molar-refractivity contribution in [3.63, 3.8) is 0 Å². The average Bonchev–Trinajstić information content (AvgIpc) is 3.05. The lowest BCUT2D eigenvalue weighted by Crippen LogP contribution is -2.41. The molecule has 1 fully saturated rings. The molecule has 1 aliphatic carbocycles. The van der Waals surface area contributed by atoms with Crippen LogP contribution in [0, 0.1) is 5.92 Å². The van der Waals surface area contributed by atoms with Crippen LogP contribution in [0.5, 0.6) is 0 Å². The van der Waals surface area contributed by atoms with Gasteiger partial charge in [-0.2, -0.15) is 0 Å². The Kier molecular flexibility index (Phi) is 6.00. The summed E-state index contributed by atoms with van der Waals surface area (Å²) in [5, 5.41) is 4.55. The van der Waals surface area contributed by atoms with E-state index in [-0.39, 0.29) is 18.4 Å². The van der Waals surface area contributed by atoms with Gasteiger partial charge in [0.15, 0.2) is 6.61 Å². The molecule has 0 atom stereocenters. The molecule has 3 amide bonds. The maximum Gasteiger partial charge on any atom is 0.321 e. The maximum atomic E-state index is 11.8. The number of esters is 1. The summed E-state index contributed by atoms with van der Waals surface area (Å²) in [5.41, 5.74) is 0. The molecule has 1 aliphatic rings. The molecule has 0 bridgehead atoms. The van der Waals surface area contributed by atoms with E-state index in [1.54, 1.807) is 12.1 Å². The van der Waals surface area contributed by atoms with Crippen molar-refractivity contribution in [2.75, 3.05) is 6.61 Å². The van der Waals surface area contributed by atoms with Crippen molar-refractivity contribution in [1.29, 1.82) is 0 Å². The van der Waals surface area contributed by atoms with Gasteiger partial charge in [0, 0.05) is 0 Å². The van der Waals surface area contributed by atoms with E-state index in [9.17, 15) is 14.4 Å². The summed E-state index contributed by atoms with van der Waals surface area (Å²) in [7, 11) is 0. The first-order valence-corrected chi connectivity index (χ1v) is 7.42. The van der Waals surface area contributed by atoms with Gasteiger partial charge in [0.2, 0.25) is 0 Å². The Hall–Kier alpha value is -2.31. The van der Waals surface area contributed by atoms with Gasteiger partial charge in [0.25, 0.3) is 5.91 Å². The van der Waals surface area contributed by atoms with E-state index in [1.807, 2.05) is 0 Å². The summed E-state index contributed by atoms with van der Waals surface area (Å²) in [6.45, 7) is -0.266. The maximum absolute atomic E-state index is 11.8. The molecule has 0 unspecified atom stereocenters. The highest BCUT2D eigenvalue weighted by Crippen LogP contribution is 2.24. The molecule has 1 aromatic heterocycles. The van der Waals surface area contributed by atoms with Gasteiger partial charge in [-0.05, 0) is 25.0 Å². The van der Waals surface area contributed by atoms with Gasteiger partial charge in [-0.1, -0.05) is 19.3 Å². The van der Waals surface area contributed by atoms with Crippen LogP contribution in [0.2, 0.25) is 0 Å². The van der Waals surface area contributed by atoms with Gasteiger partial charge < -0.3 is 14.5 Å². The van der Waals surface area contributed by atoms with Crippen LogP contribution in [0.4, 0.5) is 4.79 Å². The number of carbonyl (C=O) groups is 3. The smallest absolute Gasteiger partial charge is 0.321 e. The Bertz CT molecular complexity index is 506. The second-order valence-corrected chi connectivity index (χ2v) is 5.25. The molecular weight excluding hydrogens is 288 g/mol. The van der Waals surface area contributed by atoms with Gasteiger partial charge in [-0.25, -0.2) is 4.79 Å². The highest BCUT2D eigenvalue weighted by Gasteiger charge is 2.23. The monoisotopic (exact) mass is 308 g/mol. The fourth-order valence-corrected chi connectivity index (χ4v) is 2.38. The van der Waals surface area contributed by atoms with Crippen LogP contribution in [0.25, 0.3) is 0 Å². The Labute approximate surface area is 128 Å². The van der Waals surface area contributed by atoms with E-state index >= 15 is 0 Å². The molecule has 1 heterocycles. The van der Waals surface area contributed by atoms with Gasteiger partial charge in [-0.15, -0.1) is 0 Å². The quantitative estimate of drug-likeness (QED) is 0.807. The molecule has 2 N–H and O–H groups in total. The number of rotatable bonds is 5. The van der Waals surface area contributed by atoms with E-state index in [0.717, 1.165) is 32.1 Å². The van der Waals surface area contributed by atoms with Crippen molar-refractivity contribution in [3.8, 4) is 0 Å². The van der Waals surface area contributed by atoms with E-state index in [1.165, 1.54) is 6.26 Å². The predicted molar refractivity (Wildman–Crippen MR) is 76.6 cm³/mol. The molecule has 0 saturated heterocycles. The van der Waals surface area contributed by atoms with E-state index in [2.05, 4.69) is 10.6 Å². The van der Waals surface area contributed by atoms with Crippen molar-refractivity contribution < 1.29 is 23.5 Å². The molecule has 7 heteroatoms. The van der Waals surface area contributed by atoms with E-state index < -0.39 is 18.5 Å². The van der Waals surface area contributed by atoms with Crippen LogP contribution >= 0.6 is 0 Å². The van der Waals surface area contributed by atoms with Crippen molar-refractivity contribution in [2.45, 2.75) is 38.6 Å². The van der Waals surface area contributed by atoms with E-state index in [0.29, 0.717) is 5.76 Å². The molecule has 1 aromatic rings.